The molecule has 0 atom stereocenters. The SMILES string of the molecule is N#CCc1cccc(CN)c1C(=O)c1ccccc1. The summed E-state index contributed by atoms with van der Waals surface area (Å²) in [7, 11) is 0. The van der Waals surface area contributed by atoms with E-state index in [-0.39, 0.29) is 18.7 Å². The van der Waals surface area contributed by atoms with E-state index in [4.69, 9.17) is 11.0 Å². The first kappa shape index (κ1) is 13.0. The lowest BCUT2D eigenvalue weighted by molar-refractivity contribution is 0.103. The minimum atomic E-state index is -0.0769. The Balaban J connectivity index is 2.54. The third-order valence-corrected chi connectivity index (χ3v) is 2.99. The number of carbonyl (C=O) groups excluding carboxylic acids is 1. The van der Waals surface area contributed by atoms with Crippen molar-refractivity contribution in [1.82, 2.24) is 0 Å². The van der Waals surface area contributed by atoms with Crippen LogP contribution in [0.2, 0.25) is 0 Å². The summed E-state index contributed by atoms with van der Waals surface area (Å²) >= 11 is 0. The lowest BCUT2D eigenvalue weighted by atomic mass is 9.92. The van der Waals surface area contributed by atoms with Crippen molar-refractivity contribution in [2.24, 2.45) is 5.73 Å². The molecule has 2 aromatic rings. The molecule has 2 aromatic carbocycles. The zero-order valence-electron chi connectivity index (χ0n) is 10.5. The number of nitrogens with zero attached hydrogens (tertiary/aromatic N) is 1. The van der Waals surface area contributed by atoms with Gasteiger partial charge in [-0.25, -0.2) is 0 Å². The first-order chi connectivity index (χ1) is 9.27. The topological polar surface area (TPSA) is 66.9 Å². The molecule has 2 rings (SSSR count). The van der Waals surface area contributed by atoms with E-state index < -0.39 is 0 Å². The molecule has 0 saturated heterocycles. The van der Waals surface area contributed by atoms with Crippen LogP contribution < -0.4 is 5.73 Å². The van der Waals surface area contributed by atoms with Gasteiger partial charge in [0.25, 0.3) is 0 Å². The van der Waals surface area contributed by atoms with Crippen LogP contribution in [0.3, 0.4) is 0 Å². The molecule has 3 nitrogen and oxygen atoms in total. The molecule has 0 aromatic heterocycles. The Morgan fingerprint density at radius 3 is 2.37 bits per heavy atom. The van der Waals surface area contributed by atoms with Crippen LogP contribution in [0.1, 0.15) is 27.0 Å². The molecule has 0 unspecified atom stereocenters. The third kappa shape index (κ3) is 2.70. The summed E-state index contributed by atoms with van der Waals surface area (Å²) in [6.45, 7) is 0.285. The molecule has 0 aliphatic carbocycles. The Morgan fingerprint density at radius 2 is 1.74 bits per heavy atom. The van der Waals surface area contributed by atoms with Gasteiger partial charge in [0.2, 0.25) is 0 Å². The van der Waals surface area contributed by atoms with Crippen LogP contribution in [-0.4, -0.2) is 5.78 Å². The van der Waals surface area contributed by atoms with Crippen LogP contribution in [0.25, 0.3) is 0 Å². The average Bonchev–Trinajstić information content (AvgIpc) is 2.47. The van der Waals surface area contributed by atoms with Gasteiger partial charge in [-0.2, -0.15) is 5.26 Å². The Labute approximate surface area is 112 Å². The highest BCUT2D eigenvalue weighted by atomic mass is 16.1. The predicted molar refractivity (Wildman–Crippen MR) is 73.5 cm³/mol. The summed E-state index contributed by atoms with van der Waals surface area (Å²) in [6, 6.07) is 16.6. The van der Waals surface area contributed by atoms with Gasteiger partial charge in [-0.3, -0.25) is 4.79 Å². The molecule has 0 fully saturated rings. The third-order valence-electron chi connectivity index (χ3n) is 2.99. The molecular weight excluding hydrogens is 236 g/mol. The summed E-state index contributed by atoms with van der Waals surface area (Å²) in [6.07, 6.45) is 0.210. The van der Waals surface area contributed by atoms with Crippen molar-refractivity contribution in [2.45, 2.75) is 13.0 Å². The lowest BCUT2D eigenvalue weighted by Gasteiger charge is -2.11. The standard InChI is InChI=1S/C16H14N2O/c17-10-9-12-7-4-8-14(11-18)15(12)16(19)13-5-2-1-3-6-13/h1-8H,9,11,18H2. The summed E-state index contributed by atoms with van der Waals surface area (Å²) in [5, 5.41) is 8.87. The number of hydrogen-bond donors (Lipinski definition) is 1. The van der Waals surface area contributed by atoms with Crippen LogP contribution in [0.4, 0.5) is 0 Å². The van der Waals surface area contributed by atoms with Gasteiger partial charge >= 0.3 is 0 Å². The maximum absolute atomic E-state index is 12.6. The molecule has 0 heterocycles. The molecule has 0 spiro atoms. The molecule has 2 N–H and O–H groups in total. The molecule has 3 heteroatoms. The first-order valence-corrected chi connectivity index (χ1v) is 6.05. The van der Waals surface area contributed by atoms with Crippen LogP contribution in [0.5, 0.6) is 0 Å². The molecule has 94 valence electrons. The normalized spacial score (nSPS) is 9.89. The first-order valence-electron chi connectivity index (χ1n) is 6.05. The lowest BCUT2D eigenvalue weighted by Crippen LogP contribution is -2.12. The van der Waals surface area contributed by atoms with Gasteiger partial charge in [0.15, 0.2) is 5.78 Å². The van der Waals surface area contributed by atoms with Crippen molar-refractivity contribution >= 4 is 5.78 Å². The molecule has 0 bridgehead atoms. The number of benzene rings is 2. The second-order valence-electron chi connectivity index (χ2n) is 4.19. The fraction of sp³-hybridized carbons (Fsp3) is 0.125. The van der Waals surface area contributed by atoms with Gasteiger partial charge in [-0.05, 0) is 11.1 Å². The van der Waals surface area contributed by atoms with E-state index >= 15 is 0 Å². The highest BCUT2D eigenvalue weighted by molar-refractivity contribution is 6.10. The molecule has 0 aliphatic rings. The highest BCUT2D eigenvalue weighted by Gasteiger charge is 2.16. The Kier molecular flexibility index (Phi) is 4.07. The van der Waals surface area contributed by atoms with E-state index in [0.717, 1.165) is 11.1 Å². The van der Waals surface area contributed by atoms with Crippen molar-refractivity contribution < 1.29 is 4.79 Å². The van der Waals surface area contributed by atoms with E-state index in [1.807, 2.05) is 30.3 Å². The second kappa shape index (κ2) is 5.94. The molecule has 0 aliphatic heterocycles. The Hall–Kier alpha value is -2.44. The number of hydrogen-bond acceptors (Lipinski definition) is 3. The van der Waals surface area contributed by atoms with Crippen molar-refractivity contribution in [1.29, 1.82) is 5.26 Å². The number of rotatable bonds is 4. The van der Waals surface area contributed by atoms with Crippen molar-refractivity contribution in [2.75, 3.05) is 0 Å². The fourth-order valence-corrected chi connectivity index (χ4v) is 2.08. The number of carbonyl (C=O) groups is 1. The van der Waals surface area contributed by atoms with Crippen molar-refractivity contribution in [3.8, 4) is 6.07 Å². The second-order valence-corrected chi connectivity index (χ2v) is 4.19. The maximum atomic E-state index is 12.6. The predicted octanol–water partition coefficient (Wildman–Crippen LogP) is 2.44. The summed E-state index contributed by atoms with van der Waals surface area (Å²) in [4.78, 5) is 12.6. The zero-order valence-corrected chi connectivity index (χ0v) is 10.5. The summed E-state index contributed by atoms with van der Waals surface area (Å²) in [5.74, 6) is -0.0769. The average molecular weight is 250 g/mol. The van der Waals surface area contributed by atoms with E-state index in [0.29, 0.717) is 11.1 Å². The fourth-order valence-electron chi connectivity index (χ4n) is 2.08. The van der Waals surface area contributed by atoms with Gasteiger partial charge in [0.05, 0.1) is 12.5 Å². The quantitative estimate of drug-likeness (QED) is 0.847. The van der Waals surface area contributed by atoms with E-state index in [1.54, 1.807) is 18.2 Å². The van der Waals surface area contributed by atoms with Gasteiger partial charge in [0.1, 0.15) is 0 Å². The maximum Gasteiger partial charge on any atom is 0.193 e. The Morgan fingerprint density at radius 1 is 1.05 bits per heavy atom. The van der Waals surface area contributed by atoms with Gasteiger partial charge in [-0.15, -0.1) is 0 Å². The summed E-state index contributed by atoms with van der Waals surface area (Å²) < 4.78 is 0. The Bertz CT molecular complexity index is 627. The summed E-state index contributed by atoms with van der Waals surface area (Å²) in [5.41, 5.74) is 8.39. The van der Waals surface area contributed by atoms with Crippen molar-refractivity contribution in [3.63, 3.8) is 0 Å². The number of ketones is 1. The zero-order chi connectivity index (χ0) is 13.7. The monoisotopic (exact) mass is 250 g/mol. The van der Waals surface area contributed by atoms with Gasteiger partial charge in [-0.1, -0.05) is 48.5 Å². The van der Waals surface area contributed by atoms with E-state index in [2.05, 4.69) is 6.07 Å². The van der Waals surface area contributed by atoms with Crippen LogP contribution in [0.15, 0.2) is 48.5 Å². The smallest absolute Gasteiger partial charge is 0.193 e. The molecule has 0 amide bonds. The van der Waals surface area contributed by atoms with Crippen LogP contribution in [0, 0.1) is 11.3 Å². The molecule has 0 saturated carbocycles. The van der Waals surface area contributed by atoms with Crippen LogP contribution in [-0.2, 0) is 13.0 Å². The van der Waals surface area contributed by atoms with E-state index in [1.165, 1.54) is 0 Å². The molecule has 0 radical (unpaired) electrons. The number of nitrogens with two attached hydrogens (primary N) is 1. The van der Waals surface area contributed by atoms with Gasteiger partial charge < -0.3 is 5.73 Å². The minimum absolute atomic E-state index is 0.0769. The van der Waals surface area contributed by atoms with Gasteiger partial charge in [0, 0.05) is 17.7 Å². The minimum Gasteiger partial charge on any atom is -0.326 e. The van der Waals surface area contributed by atoms with E-state index in [9.17, 15) is 4.79 Å². The number of nitriles is 1. The molecular formula is C16H14N2O. The van der Waals surface area contributed by atoms with Crippen molar-refractivity contribution in [3.05, 3.63) is 70.8 Å². The largest absolute Gasteiger partial charge is 0.326 e. The molecule has 19 heavy (non-hydrogen) atoms. The van der Waals surface area contributed by atoms with Crippen LogP contribution >= 0.6 is 0 Å². The highest BCUT2D eigenvalue weighted by Crippen LogP contribution is 2.19.